The lowest BCUT2D eigenvalue weighted by Crippen LogP contribution is -2.42. The third kappa shape index (κ3) is 2.19. The lowest BCUT2D eigenvalue weighted by atomic mass is 9.71. The molecule has 2 aliphatic carbocycles. The molecule has 4 rings (SSSR count). The Morgan fingerprint density at radius 1 is 1.07 bits per heavy atom. The minimum atomic E-state index is -1.67. The number of fused-ring (bicyclic) bond motifs is 3. The van der Waals surface area contributed by atoms with Crippen LogP contribution in [0.5, 0.6) is 11.5 Å². The van der Waals surface area contributed by atoms with Crippen LogP contribution in [0.4, 0.5) is 0 Å². The molecule has 27 heavy (non-hydrogen) atoms. The summed E-state index contributed by atoms with van der Waals surface area (Å²) in [4.78, 5) is 25.8. The van der Waals surface area contributed by atoms with E-state index in [1.54, 1.807) is 6.92 Å². The lowest BCUT2D eigenvalue weighted by Gasteiger charge is -2.41. The summed E-state index contributed by atoms with van der Waals surface area (Å²) in [5.74, 6) is -2.32. The Morgan fingerprint density at radius 2 is 1.74 bits per heavy atom. The SMILES string of the molecule is CC[C@]1(O)C[C@@H](O)c2cc3c(c(O)c2[C@@H]1O)C(=O)c1cccc(O)c1C3=O. The summed E-state index contributed by atoms with van der Waals surface area (Å²) in [6.45, 7) is 1.63. The number of aliphatic hydroxyl groups excluding tert-OH is 2. The van der Waals surface area contributed by atoms with Crippen LogP contribution in [0, 0.1) is 0 Å². The maximum atomic E-state index is 12.9. The number of phenols is 2. The van der Waals surface area contributed by atoms with Gasteiger partial charge in [-0.25, -0.2) is 0 Å². The molecule has 0 saturated heterocycles. The molecule has 2 aromatic carbocycles. The molecule has 7 nitrogen and oxygen atoms in total. The number of benzene rings is 2. The van der Waals surface area contributed by atoms with Gasteiger partial charge >= 0.3 is 0 Å². The van der Waals surface area contributed by atoms with Crippen molar-refractivity contribution in [2.75, 3.05) is 0 Å². The zero-order valence-electron chi connectivity index (χ0n) is 14.4. The highest BCUT2D eigenvalue weighted by Gasteiger charge is 2.47. The molecule has 0 heterocycles. The molecule has 2 aromatic rings. The molecule has 0 spiro atoms. The van der Waals surface area contributed by atoms with E-state index < -0.39 is 35.1 Å². The van der Waals surface area contributed by atoms with Gasteiger partial charge in [-0.3, -0.25) is 9.59 Å². The van der Waals surface area contributed by atoms with Gasteiger partial charge in [0.15, 0.2) is 11.6 Å². The van der Waals surface area contributed by atoms with Crippen LogP contribution in [0.3, 0.4) is 0 Å². The second-order valence-corrected chi connectivity index (χ2v) is 7.09. The van der Waals surface area contributed by atoms with Crippen molar-refractivity contribution in [1.29, 1.82) is 0 Å². The first-order chi connectivity index (χ1) is 12.7. The van der Waals surface area contributed by atoms with E-state index in [4.69, 9.17) is 0 Å². The Hall–Kier alpha value is -2.74. The molecule has 5 N–H and O–H groups in total. The standard InChI is InChI=1S/C20H18O7/c1-2-20(27)7-12(22)9-6-10-14(18(25)15(9)19(20)26)16(23)8-4-3-5-11(21)13(8)17(10)24/h3-6,12,19,21-22,25-27H,2,7H2,1H3/t12-,19+,20+/m1/s1. The summed E-state index contributed by atoms with van der Waals surface area (Å²) in [7, 11) is 0. The number of aliphatic hydroxyl groups is 3. The topological polar surface area (TPSA) is 135 Å². The van der Waals surface area contributed by atoms with E-state index in [9.17, 15) is 35.1 Å². The lowest BCUT2D eigenvalue weighted by molar-refractivity contribution is -0.117. The van der Waals surface area contributed by atoms with E-state index in [0.717, 1.165) is 0 Å². The van der Waals surface area contributed by atoms with Crippen LogP contribution in [-0.2, 0) is 0 Å². The number of carbonyl (C=O) groups excluding carboxylic acids is 2. The van der Waals surface area contributed by atoms with Gasteiger partial charge in [-0.2, -0.15) is 0 Å². The first kappa shape index (κ1) is 17.7. The van der Waals surface area contributed by atoms with Crippen molar-refractivity contribution < 1.29 is 35.1 Å². The van der Waals surface area contributed by atoms with Crippen LogP contribution < -0.4 is 0 Å². The third-order valence-corrected chi connectivity index (χ3v) is 5.66. The van der Waals surface area contributed by atoms with Crippen molar-refractivity contribution in [3.63, 3.8) is 0 Å². The molecule has 0 unspecified atom stereocenters. The molecule has 0 fully saturated rings. The molecule has 0 amide bonds. The van der Waals surface area contributed by atoms with Gasteiger partial charge in [0.1, 0.15) is 17.6 Å². The van der Waals surface area contributed by atoms with Crippen LogP contribution in [0.1, 0.15) is 74.9 Å². The number of ketones is 2. The predicted octanol–water partition coefficient (Wildman–Crippen LogP) is 1.48. The van der Waals surface area contributed by atoms with Crippen molar-refractivity contribution in [1.82, 2.24) is 0 Å². The summed E-state index contributed by atoms with van der Waals surface area (Å²) in [6.07, 6.45) is -2.83. The second-order valence-electron chi connectivity index (χ2n) is 7.09. The molecule has 0 aliphatic heterocycles. The summed E-state index contributed by atoms with van der Waals surface area (Å²) < 4.78 is 0. The Kier molecular flexibility index (Phi) is 3.68. The fourth-order valence-electron chi connectivity index (χ4n) is 4.08. The number of hydrogen-bond acceptors (Lipinski definition) is 7. The zero-order valence-corrected chi connectivity index (χ0v) is 14.4. The summed E-state index contributed by atoms with van der Waals surface area (Å²) >= 11 is 0. The Labute approximate surface area is 154 Å². The number of aromatic hydroxyl groups is 2. The van der Waals surface area contributed by atoms with Gasteiger partial charge in [-0.1, -0.05) is 19.1 Å². The number of rotatable bonds is 1. The second kappa shape index (κ2) is 5.63. The van der Waals surface area contributed by atoms with Crippen LogP contribution in [0.25, 0.3) is 0 Å². The van der Waals surface area contributed by atoms with E-state index in [1.165, 1.54) is 24.3 Å². The van der Waals surface area contributed by atoms with E-state index in [2.05, 4.69) is 0 Å². The quantitative estimate of drug-likeness (QED) is 0.438. The van der Waals surface area contributed by atoms with E-state index in [1.807, 2.05) is 0 Å². The Balaban J connectivity index is 2.02. The van der Waals surface area contributed by atoms with Gasteiger partial charge in [-0.15, -0.1) is 0 Å². The van der Waals surface area contributed by atoms with Gasteiger partial charge in [0, 0.05) is 23.1 Å². The normalized spacial score (nSPS) is 26.4. The van der Waals surface area contributed by atoms with Crippen LogP contribution in [0.2, 0.25) is 0 Å². The van der Waals surface area contributed by atoms with Crippen molar-refractivity contribution in [3.05, 3.63) is 57.6 Å². The largest absolute Gasteiger partial charge is 0.507 e. The van der Waals surface area contributed by atoms with Crippen molar-refractivity contribution in [2.24, 2.45) is 0 Å². The van der Waals surface area contributed by atoms with Crippen molar-refractivity contribution in [3.8, 4) is 11.5 Å². The molecule has 2 aliphatic rings. The summed E-state index contributed by atoms with van der Waals surface area (Å²) in [6, 6.07) is 5.31. The molecule has 3 atom stereocenters. The van der Waals surface area contributed by atoms with Gasteiger partial charge in [0.2, 0.25) is 0 Å². The minimum absolute atomic E-state index is 0.0562. The van der Waals surface area contributed by atoms with Crippen LogP contribution >= 0.6 is 0 Å². The highest BCUT2D eigenvalue weighted by atomic mass is 16.3. The fourth-order valence-corrected chi connectivity index (χ4v) is 4.08. The van der Waals surface area contributed by atoms with Gasteiger partial charge in [0.25, 0.3) is 0 Å². The van der Waals surface area contributed by atoms with Crippen LogP contribution in [-0.4, -0.2) is 42.7 Å². The smallest absolute Gasteiger partial charge is 0.198 e. The number of hydrogen-bond donors (Lipinski definition) is 5. The first-order valence-electron chi connectivity index (χ1n) is 8.61. The van der Waals surface area contributed by atoms with Gasteiger partial charge in [0.05, 0.1) is 22.8 Å². The Bertz CT molecular complexity index is 1010. The first-order valence-corrected chi connectivity index (χ1v) is 8.61. The third-order valence-electron chi connectivity index (χ3n) is 5.66. The maximum Gasteiger partial charge on any atom is 0.198 e. The highest BCUT2D eigenvalue weighted by Crippen LogP contribution is 2.50. The van der Waals surface area contributed by atoms with Crippen molar-refractivity contribution >= 4 is 11.6 Å². The summed E-state index contributed by atoms with van der Waals surface area (Å²) in [5, 5.41) is 52.4. The fraction of sp³-hybridized carbons (Fsp3) is 0.300. The number of phenolic OH excluding ortho intramolecular Hbond substituents is 2. The predicted molar refractivity (Wildman–Crippen MR) is 92.9 cm³/mol. The number of carbonyl (C=O) groups is 2. The minimum Gasteiger partial charge on any atom is -0.507 e. The molecule has 0 saturated carbocycles. The summed E-state index contributed by atoms with van der Waals surface area (Å²) in [5.41, 5.74) is -2.42. The molecule has 140 valence electrons. The molecular formula is C20H18O7. The zero-order chi connectivity index (χ0) is 19.7. The van der Waals surface area contributed by atoms with Gasteiger partial charge in [-0.05, 0) is 24.1 Å². The van der Waals surface area contributed by atoms with Crippen molar-refractivity contribution in [2.45, 2.75) is 37.6 Å². The van der Waals surface area contributed by atoms with E-state index in [-0.39, 0.29) is 52.0 Å². The molecule has 0 aromatic heterocycles. The molecule has 0 bridgehead atoms. The van der Waals surface area contributed by atoms with Gasteiger partial charge < -0.3 is 25.5 Å². The monoisotopic (exact) mass is 370 g/mol. The average Bonchev–Trinajstić information content (AvgIpc) is 2.63. The molecular weight excluding hydrogens is 352 g/mol. The maximum absolute atomic E-state index is 12.9. The van der Waals surface area contributed by atoms with E-state index >= 15 is 0 Å². The molecule has 0 radical (unpaired) electrons. The molecule has 7 heteroatoms. The van der Waals surface area contributed by atoms with E-state index in [0.29, 0.717) is 0 Å². The average molecular weight is 370 g/mol. The van der Waals surface area contributed by atoms with Crippen LogP contribution in [0.15, 0.2) is 24.3 Å². The Morgan fingerprint density at radius 3 is 2.41 bits per heavy atom. The highest BCUT2D eigenvalue weighted by molar-refractivity contribution is 6.30.